The SMILES string of the molecule is CCNC(=NCc1ccccc1CN1CC(C)CC(C)C1)NCCCOCC1CCOC1.I. The normalized spacial score (nSPS) is 23.8. The lowest BCUT2D eigenvalue weighted by Crippen LogP contribution is -2.38. The zero-order valence-corrected chi connectivity index (χ0v) is 23.2. The predicted octanol–water partition coefficient (Wildman–Crippen LogP) is 4.28. The van der Waals surface area contributed by atoms with Gasteiger partial charge in [-0.25, -0.2) is 4.99 Å². The van der Waals surface area contributed by atoms with Gasteiger partial charge in [-0.15, -0.1) is 24.0 Å². The van der Waals surface area contributed by atoms with Crippen LogP contribution in [0.15, 0.2) is 29.3 Å². The summed E-state index contributed by atoms with van der Waals surface area (Å²) in [7, 11) is 0. The van der Waals surface area contributed by atoms with Crippen LogP contribution < -0.4 is 10.6 Å². The molecule has 3 atom stereocenters. The van der Waals surface area contributed by atoms with Crippen molar-refractivity contribution < 1.29 is 9.47 Å². The van der Waals surface area contributed by atoms with Crippen molar-refractivity contribution in [2.75, 3.05) is 52.6 Å². The molecule has 1 aromatic carbocycles. The van der Waals surface area contributed by atoms with Gasteiger partial charge in [0, 0.05) is 51.9 Å². The molecule has 6 nitrogen and oxygen atoms in total. The number of aliphatic imine (C=N–C) groups is 1. The quantitative estimate of drug-likeness (QED) is 0.180. The zero-order valence-electron chi connectivity index (χ0n) is 20.9. The Balaban J connectivity index is 0.00000385. The number of piperidine rings is 1. The fraction of sp³-hybridized carbons (Fsp3) is 0.731. The van der Waals surface area contributed by atoms with Crippen molar-refractivity contribution in [1.82, 2.24) is 15.5 Å². The lowest BCUT2D eigenvalue weighted by atomic mass is 9.91. The van der Waals surface area contributed by atoms with Crippen LogP contribution in [0.2, 0.25) is 0 Å². The summed E-state index contributed by atoms with van der Waals surface area (Å²) in [5, 5.41) is 6.83. The summed E-state index contributed by atoms with van der Waals surface area (Å²) in [6.07, 6.45) is 3.45. The van der Waals surface area contributed by atoms with Crippen molar-refractivity contribution in [3.05, 3.63) is 35.4 Å². The highest BCUT2D eigenvalue weighted by molar-refractivity contribution is 14.0. The first-order valence-electron chi connectivity index (χ1n) is 12.6. The van der Waals surface area contributed by atoms with Gasteiger partial charge in [0.25, 0.3) is 0 Å². The summed E-state index contributed by atoms with van der Waals surface area (Å²) in [6, 6.07) is 8.77. The van der Waals surface area contributed by atoms with E-state index in [9.17, 15) is 0 Å². The third-order valence-corrected chi connectivity index (χ3v) is 6.34. The lowest BCUT2D eigenvalue weighted by molar-refractivity contribution is 0.0888. The van der Waals surface area contributed by atoms with E-state index in [1.54, 1.807) is 0 Å². The minimum Gasteiger partial charge on any atom is -0.381 e. The summed E-state index contributed by atoms with van der Waals surface area (Å²) in [5.74, 6) is 3.03. The van der Waals surface area contributed by atoms with Gasteiger partial charge in [0.05, 0.1) is 19.8 Å². The van der Waals surface area contributed by atoms with E-state index in [1.807, 2.05) is 0 Å². The van der Waals surface area contributed by atoms with E-state index < -0.39 is 0 Å². The Bertz CT molecular complexity index is 687. The fourth-order valence-corrected chi connectivity index (χ4v) is 4.88. The number of likely N-dealkylation sites (tertiary alicyclic amines) is 1. The monoisotopic (exact) mass is 572 g/mol. The van der Waals surface area contributed by atoms with Gasteiger partial charge >= 0.3 is 0 Å². The molecule has 1 aromatic rings. The maximum Gasteiger partial charge on any atom is 0.191 e. The largest absolute Gasteiger partial charge is 0.381 e. The number of halogens is 1. The highest BCUT2D eigenvalue weighted by Gasteiger charge is 2.22. The average molecular weight is 573 g/mol. The summed E-state index contributed by atoms with van der Waals surface area (Å²) in [5.41, 5.74) is 2.72. The third-order valence-electron chi connectivity index (χ3n) is 6.34. The second-order valence-corrected chi connectivity index (χ2v) is 9.69. The number of benzene rings is 1. The van der Waals surface area contributed by atoms with Crippen LogP contribution in [0.4, 0.5) is 0 Å². The minimum absolute atomic E-state index is 0. The molecule has 0 spiro atoms. The average Bonchev–Trinajstić information content (AvgIpc) is 3.28. The molecule has 3 rings (SSSR count). The summed E-state index contributed by atoms with van der Waals surface area (Å²) in [4.78, 5) is 7.48. The molecule has 2 N–H and O–H groups in total. The lowest BCUT2D eigenvalue weighted by Gasteiger charge is -2.35. The number of guanidine groups is 1. The van der Waals surface area contributed by atoms with Gasteiger partial charge < -0.3 is 20.1 Å². The Morgan fingerprint density at radius 2 is 1.91 bits per heavy atom. The van der Waals surface area contributed by atoms with E-state index in [-0.39, 0.29) is 24.0 Å². The first-order valence-corrected chi connectivity index (χ1v) is 12.6. The fourth-order valence-electron chi connectivity index (χ4n) is 4.88. The Kier molecular flexibility index (Phi) is 13.7. The van der Waals surface area contributed by atoms with E-state index in [0.717, 1.165) is 76.7 Å². The maximum absolute atomic E-state index is 5.81. The molecular formula is C26H45IN4O2. The summed E-state index contributed by atoms with van der Waals surface area (Å²) >= 11 is 0. The summed E-state index contributed by atoms with van der Waals surface area (Å²) < 4.78 is 11.2. The van der Waals surface area contributed by atoms with Gasteiger partial charge in [-0.05, 0) is 49.1 Å². The predicted molar refractivity (Wildman–Crippen MR) is 147 cm³/mol. The van der Waals surface area contributed by atoms with E-state index >= 15 is 0 Å². The van der Waals surface area contributed by atoms with Gasteiger partial charge in [-0.1, -0.05) is 38.1 Å². The first-order chi connectivity index (χ1) is 15.6. The van der Waals surface area contributed by atoms with Gasteiger partial charge in [-0.2, -0.15) is 0 Å². The minimum atomic E-state index is 0. The van der Waals surface area contributed by atoms with E-state index in [0.29, 0.717) is 12.5 Å². The van der Waals surface area contributed by atoms with Crippen molar-refractivity contribution in [1.29, 1.82) is 0 Å². The van der Waals surface area contributed by atoms with E-state index in [2.05, 4.69) is 60.6 Å². The molecule has 2 saturated heterocycles. The van der Waals surface area contributed by atoms with Crippen LogP contribution in [0.25, 0.3) is 0 Å². The Morgan fingerprint density at radius 3 is 2.61 bits per heavy atom. The Hall–Kier alpha value is -0.900. The third kappa shape index (κ3) is 10.5. The number of hydrogen-bond donors (Lipinski definition) is 2. The smallest absolute Gasteiger partial charge is 0.191 e. The van der Waals surface area contributed by atoms with Crippen molar-refractivity contribution >= 4 is 29.9 Å². The molecule has 0 radical (unpaired) electrons. The molecule has 3 unspecified atom stereocenters. The van der Waals surface area contributed by atoms with Gasteiger partial charge in [0.1, 0.15) is 0 Å². The standard InChI is InChI=1S/C26H44N4O2.HI/c1-4-27-26(28-11-7-12-31-19-23-10-13-32-20-23)29-15-24-8-5-6-9-25(24)18-30-16-21(2)14-22(3)17-30;/h5-6,8-9,21-23H,4,7,10-20H2,1-3H3,(H2,27,28,29);1H. The molecule has 2 fully saturated rings. The van der Waals surface area contributed by atoms with Crippen molar-refractivity contribution in [3.8, 4) is 0 Å². The Morgan fingerprint density at radius 1 is 1.15 bits per heavy atom. The van der Waals surface area contributed by atoms with Crippen LogP contribution in [0.5, 0.6) is 0 Å². The van der Waals surface area contributed by atoms with Crippen LogP contribution in [-0.2, 0) is 22.6 Å². The highest BCUT2D eigenvalue weighted by Crippen LogP contribution is 2.23. The van der Waals surface area contributed by atoms with Crippen LogP contribution in [0.3, 0.4) is 0 Å². The van der Waals surface area contributed by atoms with Crippen molar-refractivity contribution in [3.63, 3.8) is 0 Å². The number of ether oxygens (including phenoxy) is 2. The van der Waals surface area contributed by atoms with Crippen molar-refractivity contribution in [2.45, 2.75) is 53.1 Å². The number of nitrogens with zero attached hydrogens (tertiary/aromatic N) is 2. The molecule has 2 heterocycles. The van der Waals surface area contributed by atoms with Crippen LogP contribution in [0, 0.1) is 17.8 Å². The van der Waals surface area contributed by atoms with Crippen molar-refractivity contribution in [2.24, 2.45) is 22.7 Å². The van der Waals surface area contributed by atoms with Gasteiger partial charge in [0.15, 0.2) is 5.96 Å². The van der Waals surface area contributed by atoms with Gasteiger partial charge in [0.2, 0.25) is 0 Å². The first kappa shape index (κ1) is 28.3. The molecule has 188 valence electrons. The molecular weight excluding hydrogens is 527 g/mol. The van der Waals surface area contributed by atoms with Gasteiger partial charge in [-0.3, -0.25) is 4.90 Å². The molecule has 2 aliphatic heterocycles. The second kappa shape index (κ2) is 15.9. The molecule has 0 aromatic heterocycles. The second-order valence-electron chi connectivity index (χ2n) is 9.69. The molecule has 0 aliphatic carbocycles. The number of hydrogen-bond acceptors (Lipinski definition) is 4. The zero-order chi connectivity index (χ0) is 22.6. The molecule has 0 bridgehead atoms. The van der Waals surface area contributed by atoms with Crippen LogP contribution in [0.1, 0.15) is 51.2 Å². The topological polar surface area (TPSA) is 58.1 Å². The van der Waals surface area contributed by atoms with Crippen LogP contribution >= 0.6 is 24.0 Å². The van der Waals surface area contributed by atoms with Crippen LogP contribution in [-0.4, -0.2) is 63.5 Å². The molecule has 2 aliphatic rings. The maximum atomic E-state index is 5.81. The van der Waals surface area contributed by atoms with E-state index in [1.165, 1.54) is 30.6 Å². The molecule has 0 saturated carbocycles. The number of nitrogens with one attached hydrogen (secondary N) is 2. The Labute approximate surface area is 218 Å². The highest BCUT2D eigenvalue weighted by atomic mass is 127. The summed E-state index contributed by atoms with van der Waals surface area (Å²) in [6.45, 7) is 16.0. The molecule has 33 heavy (non-hydrogen) atoms. The van der Waals surface area contributed by atoms with E-state index in [4.69, 9.17) is 14.5 Å². The number of rotatable bonds is 11. The molecule has 7 heteroatoms. The molecule has 0 amide bonds.